The van der Waals surface area contributed by atoms with Gasteiger partial charge in [-0.1, -0.05) is 19.9 Å². The number of morpholine rings is 1. The van der Waals surface area contributed by atoms with Gasteiger partial charge in [0.15, 0.2) is 0 Å². The maximum absolute atomic E-state index is 12.0. The Labute approximate surface area is 132 Å². The van der Waals surface area contributed by atoms with Crippen molar-refractivity contribution in [2.45, 2.75) is 32.8 Å². The van der Waals surface area contributed by atoms with Crippen molar-refractivity contribution in [2.75, 3.05) is 31.6 Å². The number of carbonyl (C=O) groups is 1. The molecule has 122 valence electrons. The molecule has 0 aliphatic carbocycles. The summed E-state index contributed by atoms with van der Waals surface area (Å²) in [4.78, 5) is 12.0. The molecule has 1 heterocycles. The Morgan fingerprint density at radius 1 is 1.50 bits per heavy atom. The third kappa shape index (κ3) is 6.03. The van der Waals surface area contributed by atoms with E-state index in [4.69, 9.17) is 9.47 Å². The second-order valence-corrected chi connectivity index (χ2v) is 6.01. The van der Waals surface area contributed by atoms with Crippen LogP contribution in [0.15, 0.2) is 24.3 Å². The lowest BCUT2D eigenvalue weighted by Gasteiger charge is -2.23. The number of nitrogens with one attached hydrogen (secondary N) is 2. The van der Waals surface area contributed by atoms with Crippen LogP contribution in [0.2, 0.25) is 0 Å². The van der Waals surface area contributed by atoms with Crippen LogP contribution in [0.5, 0.6) is 5.75 Å². The van der Waals surface area contributed by atoms with Crippen LogP contribution in [0.4, 0.5) is 5.69 Å². The molecule has 0 aromatic heterocycles. The highest BCUT2D eigenvalue weighted by Gasteiger charge is 2.17. The maximum Gasteiger partial charge on any atom is 0.227 e. The molecule has 1 aliphatic heterocycles. The van der Waals surface area contributed by atoms with Gasteiger partial charge in [-0.2, -0.15) is 0 Å². The fourth-order valence-electron chi connectivity index (χ4n) is 2.25. The summed E-state index contributed by atoms with van der Waals surface area (Å²) in [6.45, 7) is 7.28. The molecule has 2 rings (SSSR count). The minimum atomic E-state index is -0.0424. The van der Waals surface area contributed by atoms with Crippen molar-refractivity contribution in [1.29, 1.82) is 0 Å². The summed E-state index contributed by atoms with van der Waals surface area (Å²) in [6.07, 6.45) is 1.34. The average molecular weight is 306 g/mol. The first kappa shape index (κ1) is 16.8. The van der Waals surface area contributed by atoms with Crippen molar-refractivity contribution >= 4 is 11.6 Å². The fraction of sp³-hybridized carbons (Fsp3) is 0.588. The van der Waals surface area contributed by atoms with Crippen LogP contribution >= 0.6 is 0 Å². The lowest BCUT2D eigenvalue weighted by atomic mass is 10.1. The van der Waals surface area contributed by atoms with Crippen LogP contribution in [0.3, 0.4) is 0 Å². The SMILES string of the molecule is CC(C)CCOc1cccc(NC(=O)C[C@@H]2CNCCO2)c1. The second kappa shape index (κ2) is 8.76. The van der Waals surface area contributed by atoms with Gasteiger partial charge in [0, 0.05) is 24.8 Å². The predicted molar refractivity (Wildman–Crippen MR) is 87.2 cm³/mol. The highest BCUT2D eigenvalue weighted by Crippen LogP contribution is 2.18. The van der Waals surface area contributed by atoms with Crippen molar-refractivity contribution in [2.24, 2.45) is 5.92 Å². The minimum absolute atomic E-state index is 0.0342. The molecule has 2 N–H and O–H groups in total. The molecule has 1 atom stereocenters. The zero-order chi connectivity index (χ0) is 15.8. The molecule has 1 aromatic rings. The van der Waals surface area contributed by atoms with Crippen LogP contribution in [0.25, 0.3) is 0 Å². The van der Waals surface area contributed by atoms with Crippen LogP contribution in [-0.2, 0) is 9.53 Å². The van der Waals surface area contributed by atoms with Gasteiger partial charge in [-0.05, 0) is 24.5 Å². The van der Waals surface area contributed by atoms with Crippen LogP contribution < -0.4 is 15.4 Å². The summed E-state index contributed by atoms with van der Waals surface area (Å²) in [5, 5.41) is 6.12. The maximum atomic E-state index is 12.0. The molecule has 0 saturated carbocycles. The van der Waals surface area contributed by atoms with E-state index in [1.165, 1.54) is 0 Å². The van der Waals surface area contributed by atoms with Gasteiger partial charge in [0.25, 0.3) is 0 Å². The van der Waals surface area contributed by atoms with Crippen molar-refractivity contribution in [3.8, 4) is 5.75 Å². The van der Waals surface area contributed by atoms with Crippen LogP contribution in [-0.4, -0.2) is 38.3 Å². The molecule has 0 bridgehead atoms. The summed E-state index contributed by atoms with van der Waals surface area (Å²) in [6, 6.07) is 7.52. The van der Waals surface area contributed by atoms with E-state index in [1.807, 2.05) is 24.3 Å². The van der Waals surface area contributed by atoms with Gasteiger partial charge in [0.05, 0.1) is 25.7 Å². The van der Waals surface area contributed by atoms with Crippen LogP contribution in [0, 0.1) is 5.92 Å². The normalized spacial score (nSPS) is 18.2. The number of hydrogen-bond donors (Lipinski definition) is 2. The monoisotopic (exact) mass is 306 g/mol. The number of amides is 1. The van der Waals surface area contributed by atoms with Gasteiger partial charge < -0.3 is 20.1 Å². The number of anilines is 1. The summed E-state index contributed by atoms with van der Waals surface area (Å²) in [5.74, 6) is 1.37. The summed E-state index contributed by atoms with van der Waals surface area (Å²) < 4.78 is 11.2. The molecule has 0 radical (unpaired) electrons. The average Bonchev–Trinajstić information content (AvgIpc) is 2.48. The van der Waals surface area contributed by atoms with Gasteiger partial charge in [-0.3, -0.25) is 4.79 Å². The third-order valence-electron chi connectivity index (χ3n) is 3.50. The standard InChI is InChI=1S/C17H26N2O3/c1-13(2)6-8-21-15-5-3-4-14(10-15)19-17(20)11-16-12-18-7-9-22-16/h3-5,10,13,16,18H,6-9,11-12H2,1-2H3,(H,19,20)/t16-/m1/s1. The topological polar surface area (TPSA) is 59.6 Å². The molecule has 1 aliphatic rings. The van der Waals surface area contributed by atoms with E-state index in [0.29, 0.717) is 25.6 Å². The van der Waals surface area contributed by atoms with E-state index in [9.17, 15) is 4.79 Å². The predicted octanol–water partition coefficient (Wildman–Crippen LogP) is 2.43. The molecule has 0 spiro atoms. The van der Waals surface area contributed by atoms with Crippen molar-refractivity contribution in [1.82, 2.24) is 5.32 Å². The molecule has 1 aromatic carbocycles. The number of rotatable bonds is 7. The van der Waals surface area contributed by atoms with Crippen molar-refractivity contribution in [3.63, 3.8) is 0 Å². The van der Waals surface area contributed by atoms with Crippen molar-refractivity contribution < 1.29 is 14.3 Å². The van der Waals surface area contributed by atoms with Crippen molar-refractivity contribution in [3.05, 3.63) is 24.3 Å². The Morgan fingerprint density at radius 3 is 3.09 bits per heavy atom. The van der Waals surface area contributed by atoms with Gasteiger partial charge in [-0.15, -0.1) is 0 Å². The zero-order valence-corrected chi connectivity index (χ0v) is 13.4. The molecular weight excluding hydrogens is 280 g/mol. The summed E-state index contributed by atoms with van der Waals surface area (Å²) >= 11 is 0. The van der Waals surface area contributed by atoms with E-state index in [0.717, 1.165) is 30.9 Å². The minimum Gasteiger partial charge on any atom is -0.494 e. The Morgan fingerprint density at radius 2 is 2.36 bits per heavy atom. The van der Waals surface area contributed by atoms with Crippen LogP contribution in [0.1, 0.15) is 26.7 Å². The van der Waals surface area contributed by atoms with E-state index >= 15 is 0 Å². The molecular formula is C17H26N2O3. The lowest BCUT2D eigenvalue weighted by molar-refractivity contribution is -0.119. The van der Waals surface area contributed by atoms with Gasteiger partial charge >= 0.3 is 0 Å². The Kier molecular flexibility index (Phi) is 6.68. The molecule has 1 saturated heterocycles. The highest BCUT2D eigenvalue weighted by molar-refractivity contribution is 5.91. The first-order valence-electron chi connectivity index (χ1n) is 7.98. The first-order valence-corrected chi connectivity index (χ1v) is 7.98. The molecule has 0 unspecified atom stereocenters. The van der Waals surface area contributed by atoms with Gasteiger partial charge in [0.2, 0.25) is 5.91 Å². The third-order valence-corrected chi connectivity index (χ3v) is 3.50. The van der Waals surface area contributed by atoms with Gasteiger partial charge in [0.1, 0.15) is 5.75 Å². The number of hydrogen-bond acceptors (Lipinski definition) is 4. The molecule has 22 heavy (non-hydrogen) atoms. The zero-order valence-electron chi connectivity index (χ0n) is 13.4. The highest BCUT2D eigenvalue weighted by atomic mass is 16.5. The van der Waals surface area contributed by atoms with Gasteiger partial charge in [-0.25, -0.2) is 0 Å². The van der Waals surface area contributed by atoms with E-state index in [1.54, 1.807) is 0 Å². The molecule has 5 nitrogen and oxygen atoms in total. The number of benzene rings is 1. The lowest BCUT2D eigenvalue weighted by Crippen LogP contribution is -2.40. The Bertz CT molecular complexity index is 471. The first-order chi connectivity index (χ1) is 10.6. The molecule has 5 heteroatoms. The number of carbonyl (C=O) groups excluding carboxylic acids is 1. The number of ether oxygens (including phenoxy) is 2. The smallest absolute Gasteiger partial charge is 0.227 e. The molecule has 1 fully saturated rings. The summed E-state index contributed by atoms with van der Waals surface area (Å²) in [7, 11) is 0. The van der Waals surface area contributed by atoms with E-state index < -0.39 is 0 Å². The largest absolute Gasteiger partial charge is 0.494 e. The second-order valence-electron chi connectivity index (χ2n) is 6.01. The molecule has 1 amide bonds. The van der Waals surface area contributed by atoms with E-state index in [-0.39, 0.29) is 12.0 Å². The Hall–Kier alpha value is -1.59. The fourth-order valence-corrected chi connectivity index (χ4v) is 2.25. The quantitative estimate of drug-likeness (QED) is 0.812. The summed E-state index contributed by atoms with van der Waals surface area (Å²) in [5.41, 5.74) is 0.760. The van der Waals surface area contributed by atoms with E-state index in [2.05, 4.69) is 24.5 Å². The Balaban J connectivity index is 1.80.